The molecule has 0 spiro atoms. The number of benzene rings is 2. The molecule has 1 saturated heterocycles. The van der Waals surface area contributed by atoms with E-state index in [0.717, 1.165) is 24.3 Å². The number of carbonyl (C=O) groups excluding carboxylic acids is 2. The van der Waals surface area contributed by atoms with Crippen LogP contribution in [0.1, 0.15) is 20.7 Å². The number of aliphatic hydroxyl groups excluding tert-OH is 3. The van der Waals surface area contributed by atoms with Gasteiger partial charge >= 0.3 is 11.9 Å². The number of hydrogen-bond donors (Lipinski definition) is 9. The van der Waals surface area contributed by atoms with Crippen molar-refractivity contribution in [2.24, 2.45) is 0 Å². The lowest BCUT2D eigenvalue weighted by Gasteiger charge is -2.39. The summed E-state index contributed by atoms with van der Waals surface area (Å²) in [5.41, 5.74) is -0.840. The minimum Gasteiger partial charge on any atom is -0.504 e. The van der Waals surface area contributed by atoms with Crippen LogP contribution in [0, 0.1) is 0 Å². The molecule has 1 fully saturated rings. The summed E-state index contributed by atoms with van der Waals surface area (Å²) in [5.74, 6) is -7.45. The Morgan fingerprint density at radius 1 is 0.706 bits per heavy atom. The maximum atomic E-state index is 12.3. The van der Waals surface area contributed by atoms with Gasteiger partial charge in [0.05, 0.1) is 11.1 Å². The first-order valence-corrected chi connectivity index (χ1v) is 9.48. The molecule has 34 heavy (non-hydrogen) atoms. The van der Waals surface area contributed by atoms with E-state index in [9.17, 15) is 55.5 Å². The van der Waals surface area contributed by atoms with Crippen LogP contribution in [-0.2, 0) is 14.2 Å². The number of carbonyl (C=O) groups is 2. The van der Waals surface area contributed by atoms with Gasteiger partial charge in [-0.25, -0.2) is 9.59 Å². The average Bonchev–Trinajstić information content (AvgIpc) is 2.79. The Labute approximate surface area is 189 Å². The quantitative estimate of drug-likeness (QED) is 0.178. The summed E-state index contributed by atoms with van der Waals surface area (Å²) in [7, 11) is 0. The van der Waals surface area contributed by atoms with Crippen molar-refractivity contribution in [1.29, 1.82) is 0 Å². The van der Waals surface area contributed by atoms with Crippen molar-refractivity contribution in [2.45, 2.75) is 30.7 Å². The van der Waals surface area contributed by atoms with Crippen LogP contribution in [-0.4, -0.2) is 95.2 Å². The SMILES string of the molecule is O=C(OC[C@H]1O[C@@H](OC(=O)c2cc(O)c(O)c(O)c2)[C@H](O)[C@@H](O)[C@@H]1O)c1cc(O)c(O)c(O)c1. The highest BCUT2D eigenvalue weighted by atomic mass is 16.7. The highest BCUT2D eigenvalue weighted by Crippen LogP contribution is 2.37. The Balaban J connectivity index is 1.70. The summed E-state index contributed by atoms with van der Waals surface area (Å²) in [6, 6.07) is 3.08. The number of aliphatic hydroxyl groups is 3. The van der Waals surface area contributed by atoms with Crippen molar-refractivity contribution in [3.63, 3.8) is 0 Å². The van der Waals surface area contributed by atoms with Gasteiger partial charge in [0.2, 0.25) is 6.29 Å². The van der Waals surface area contributed by atoms with E-state index in [1.165, 1.54) is 0 Å². The molecule has 2 aromatic carbocycles. The second kappa shape index (κ2) is 9.48. The van der Waals surface area contributed by atoms with Crippen LogP contribution in [0.25, 0.3) is 0 Å². The van der Waals surface area contributed by atoms with Crippen LogP contribution in [0.5, 0.6) is 34.5 Å². The van der Waals surface area contributed by atoms with E-state index in [4.69, 9.17) is 14.2 Å². The largest absolute Gasteiger partial charge is 0.504 e. The molecule has 0 radical (unpaired) electrons. The molecule has 9 N–H and O–H groups in total. The van der Waals surface area contributed by atoms with Gasteiger partial charge in [-0.15, -0.1) is 0 Å². The molecule has 3 rings (SSSR count). The van der Waals surface area contributed by atoms with E-state index < -0.39 is 89.3 Å². The number of rotatable bonds is 5. The van der Waals surface area contributed by atoms with Crippen LogP contribution in [0.4, 0.5) is 0 Å². The highest BCUT2D eigenvalue weighted by Gasteiger charge is 2.46. The first-order chi connectivity index (χ1) is 15.9. The predicted octanol–water partition coefficient (Wildman–Crippen LogP) is -1.26. The second-order valence-corrected chi connectivity index (χ2v) is 7.24. The summed E-state index contributed by atoms with van der Waals surface area (Å²) in [5, 5.41) is 86.9. The van der Waals surface area contributed by atoms with Gasteiger partial charge in [-0.2, -0.15) is 0 Å². The number of phenolic OH excluding ortho intramolecular Hbond substituents is 6. The van der Waals surface area contributed by atoms with Gasteiger partial charge in [-0.1, -0.05) is 0 Å². The first kappa shape index (κ1) is 24.7. The minimum atomic E-state index is -1.95. The van der Waals surface area contributed by atoms with Crippen molar-refractivity contribution < 1.29 is 69.8 Å². The molecule has 1 heterocycles. The zero-order valence-electron chi connectivity index (χ0n) is 17.0. The van der Waals surface area contributed by atoms with Gasteiger partial charge in [0.25, 0.3) is 0 Å². The number of phenols is 6. The van der Waals surface area contributed by atoms with E-state index >= 15 is 0 Å². The van der Waals surface area contributed by atoms with Gasteiger partial charge in [-0.05, 0) is 24.3 Å². The van der Waals surface area contributed by atoms with E-state index in [2.05, 4.69) is 0 Å². The van der Waals surface area contributed by atoms with Crippen LogP contribution in [0.3, 0.4) is 0 Å². The Morgan fingerprint density at radius 2 is 1.15 bits per heavy atom. The number of hydrogen-bond acceptors (Lipinski definition) is 14. The molecule has 5 atom stereocenters. The molecule has 0 aromatic heterocycles. The van der Waals surface area contributed by atoms with Gasteiger partial charge in [0, 0.05) is 0 Å². The monoisotopic (exact) mass is 484 g/mol. The summed E-state index contributed by atoms with van der Waals surface area (Å²) < 4.78 is 15.0. The third kappa shape index (κ3) is 4.84. The predicted molar refractivity (Wildman–Crippen MR) is 105 cm³/mol. The van der Waals surface area contributed by atoms with E-state index in [-0.39, 0.29) is 5.56 Å². The Kier molecular flexibility index (Phi) is 6.88. The molecule has 0 aliphatic carbocycles. The van der Waals surface area contributed by atoms with Crippen LogP contribution >= 0.6 is 0 Å². The highest BCUT2D eigenvalue weighted by molar-refractivity contribution is 5.91. The molecular weight excluding hydrogens is 464 g/mol. The molecule has 0 bridgehead atoms. The zero-order valence-corrected chi connectivity index (χ0v) is 17.0. The maximum absolute atomic E-state index is 12.3. The molecule has 14 heteroatoms. The van der Waals surface area contributed by atoms with Crippen molar-refractivity contribution in [3.05, 3.63) is 35.4 Å². The lowest BCUT2D eigenvalue weighted by molar-refractivity contribution is -0.285. The smallest absolute Gasteiger partial charge is 0.340 e. The van der Waals surface area contributed by atoms with Crippen molar-refractivity contribution in [2.75, 3.05) is 6.61 Å². The normalized spacial score (nSPS) is 24.4. The fourth-order valence-corrected chi connectivity index (χ4v) is 3.01. The molecule has 0 unspecified atom stereocenters. The average molecular weight is 484 g/mol. The summed E-state index contributed by atoms with van der Waals surface area (Å²) in [6.45, 7) is -0.749. The Bertz CT molecular complexity index is 1050. The number of esters is 2. The molecule has 184 valence electrons. The van der Waals surface area contributed by atoms with Crippen molar-refractivity contribution in [1.82, 2.24) is 0 Å². The summed E-state index contributed by atoms with van der Waals surface area (Å²) >= 11 is 0. The molecule has 0 saturated carbocycles. The second-order valence-electron chi connectivity index (χ2n) is 7.24. The maximum Gasteiger partial charge on any atom is 0.340 e. The van der Waals surface area contributed by atoms with E-state index in [0.29, 0.717) is 0 Å². The molecule has 1 aliphatic heterocycles. The van der Waals surface area contributed by atoms with Crippen molar-refractivity contribution in [3.8, 4) is 34.5 Å². The lowest BCUT2D eigenvalue weighted by Crippen LogP contribution is -2.59. The Morgan fingerprint density at radius 3 is 1.62 bits per heavy atom. The van der Waals surface area contributed by atoms with Crippen LogP contribution in [0.15, 0.2) is 24.3 Å². The third-order valence-electron chi connectivity index (χ3n) is 4.88. The molecule has 1 aliphatic rings. The van der Waals surface area contributed by atoms with Crippen LogP contribution < -0.4 is 0 Å². The van der Waals surface area contributed by atoms with E-state index in [1.54, 1.807) is 0 Å². The Hall–Kier alpha value is -3.98. The molecular formula is C20H20O14. The number of ether oxygens (including phenoxy) is 3. The first-order valence-electron chi connectivity index (χ1n) is 9.48. The van der Waals surface area contributed by atoms with Crippen molar-refractivity contribution >= 4 is 11.9 Å². The van der Waals surface area contributed by atoms with E-state index in [1.807, 2.05) is 0 Å². The third-order valence-corrected chi connectivity index (χ3v) is 4.88. The lowest BCUT2D eigenvalue weighted by atomic mass is 9.99. The summed E-state index contributed by atoms with van der Waals surface area (Å²) in [4.78, 5) is 24.5. The fraction of sp³-hybridized carbons (Fsp3) is 0.300. The van der Waals surface area contributed by atoms with Gasteiger partial charge in [0.1, 0.15) is 31.0 Å². The van der Waals surface area contributed by atoms with Gasteiger partial charge < -0.3 is 60.2 Å². The summed E-state index contributed by atoms with van der Waals surface area (Å²) in [6.07, 6.45) is -9.09. The van der Waals surface area contributed by atoms with Crippen LogP contribution in [0.2, 0.25) is 0 Å². The fourth-order valence-electron chi connectivity index (χ4n) is 3.01. The van der Waals surface area contributed by atoms with Gasteiger partial charge in [0.15, 0.2) is 34.5 Å². The standard InChI is InChI=1S/C20H20O14/c21-8-1-6(2-9(22)13(8)25)18(30)32-5-12-15(27)16(28)17(29)20(33-12)34-19(31)7-3-10(23)14(26)11(24)4-7/h1-4,12,15-17,20-29H,5H2/t12-,15-,16+,17-,20+/m1/s1. The molecule has 14 nitrogen and oxygen atoms in total. The van der Waals surface area contributed by atoms with Gasteiger partial charge in [-0.3, -0.25) is 0 Å². The minimum absolute atomic E-state index is 0.381. The number of aromatic hydroxyl groups is 6. The zero-order chi connectivity index (χ0) is 25.3. The molecule has 2 aromatic rings. The topological polar surface area (TPSA) is 244 Å². The molecule has 0 amide bonds.